The summed E-state index contributed by atoms with van der Waals surface area (Å²) in [5.74, 6) is 1.83. The van der Waals surface area contributed by atoms with Gasteiger partial charge in [0.1, 0.15) is 0 Å². The first-order chi connectivity index (χ1) is 22.9. The number of hydrogen-bond donors (Lipinski definition) is 0. The number of aromatic nitrogens is 6. The highest BCUT2D eigenvalue weighted by Crippen LogP contribution is 2.50. The molecule has 47 heavy (non-hydrogen) atoms. The molecule has 0 fully saturated rings. The van der Waals surface area contributed by atoms with Crippen molar-refractivity contribution in [3.63, 3.8) is 0 Å². The monoisotopic (exact) mass is 608 g/mol. The van der Waals surface area contributed by atoms with Gasteiger partial charge >= 0.3 is 0 Å². The average Bonchev–Trinajstić information content (AvgIpc) is 3.70. The minimum atomic E-state index is -0.260. The molecule has 0 saturated heterocycles. The number of benzene rings is 4. The maximum Gasteiger partial charge on any atom is 0.238 e. The molecule has 0 unspecified atom stereocenters. The Kier molecular flexibility index (Phi) is 5.87. The van der Waals surface area contributed by atoms with Crippen molar-refractivity contribution in [2.24, 2.45) is 0 Å². The van der Waals surface area contributed by atoms with Crippen molar-refractivity contribution in [2.45, 2.75) is 33.1 Å². The summed E-state index contributed by atoms with van der Waals surface area (Å²) in [6.07, 6.45) is 4.41. The summed E-state index contributed by atoms with van der Waals surface area (Å²) in [7, 11) is 0. The van der Waals surface area contributed by atoms with Gasteiger partial charge in [-0.05, 0) is 60.4 Å². The van der Waals surface area contributed by atoms with Gasteiger partial charge in [0, 0.05) is 45.6 Å². The summed E-state index contributed by atoms with van der Waals surface area (Å²) in [6, 6.07) is 37.7. The lowest BCUT2D eigenvalue weighted by molar-refractivity contribution is 0.659. The van der Waals surface area contributed by atoms with E-state index in [4.69, 9.17) is 19.9 Å². The van der Waals surface area contributed by atoms with Crippen molar-refractivity contribution in [1.29, 1.82) is 0 Å². The lowest BCUT2D eigenvalue weighted by Gasteiger charge is -2.22. The van der Waals surface area contributed by atoms with E-state index in [1.807, 2.05) is 60.7 Å². The predicted octanol–water partition coefficient (Wildman–Crippen LogP) is 9.41. The second-order valence-corrected chi connectivity index (χ2v) is 13.0. The smallest absolute Gasteiger partial charge is 0.238 e. The van der Waals surface area contributed by atoms with Crippen LogP contribution < -0.4 is 0 Å². The summed E-state index contributed by atoms with van der Waals surface area (Å²) in [5, 5.41) is 1.06. The van der Waals surface area contributed by atoms with Crippen molar-refractivity contribution in [3.8, 4) is 45.7 Å². The lowest BCUT2D eigenvalue weighted by Crippen LogP contribution is -2.16. The number of para-hydroxylation sites is 1. The van der Waals surface area contributed by atoms with Crippen molar-refractivity contribution >= 4 is 21.9 Å². The van der Waals surface area contributed by atoms with Crippen LogP contribution in [0.15, 0.2) is 122 Å². The standard InChI is InChI=1S/C41H32N6/c1-25-23-46(24-26(25)2)29-19-20-30-32(21-29)41(3,4)33-22-35-37(42-36(30)33)31-17-11-12-18-34(31)47(35)40-44-38(27-13-7-5-8-14-27)43-39(45-40)28-15-9-6-10-16-28/h5-24H,1-4H3. The van der Waals surface area contributed by atoms with E-state index in [1.165, 1.54) is 27.8 Å². The SMILES string of the molecule is Cc1cn(-c2ccc3c(c2)C(C)(C)c2cc4c(nc2-3)c2ccccc2n4-c2nc(-c3ccccc3)nc(-c3ccccc3)n2)cc1C. The molecule has 0 saturated carbocycles. The topological polar surface area (TPSA) is 61.4 Å². The van der Waals surface area contributed by atoms with Crippen LogP contribution in [0.5, 0.6) is 0 Å². The molecule has 0 spiro atoms. The van der Waals surface area contributed by atoms with E-state index in [-0.39, 0.29) is 5.41 Å². The van der Waals surface area contributed by atoms with E-state index in [2.05, 4.69) is 97.8 Å². The number of hydrogen-bond acceptors (Lipinski definition) is 4. The second-order valence-electron chi connectivity index (χ2n) is 13.0. The van der Waals surface area contributed by atoms with E-state index < -0.39 is 0 Å². The zero-order valence-electron chi connectivity index (χ0n) is 26.7. The van der Waals surface area contributed by atoms with Crippen LogP contribution in [0.25, 0.3) is 67.6 Å². The number of pyridine rings is 1. The molecule has 4 heterocycles. The Morgan fingerprint density at radius 1 is 0.574 bits per heavy atom. The molecule has 0 atom stereocenters. The number of fused-ring (bicyclic) bond motifs is 6. The summed E-state index contributed by atoms with van der Waals surface area (Å²) in [5.41, 5.74) is 13.0. The zero-order chi connectivity index (χ0) is 31.9. The van der Waals surface area contributed by atoms with E-state index in [0.29, 0.717) is 17.6 Å². The van der Waals surface area contributed by atoms with Crippen LogP contribution in [0.2, 0.25) is 0 Å². The highest BCUT2D eigenvalue weighted by molar-refractivity contribution is 6.08. The van der Waals surface area contributed by atoms with Gasteiger partial charge < -0.3 is 4.57 Å². The van der Waals surface area contributed by atoms with Crippen LogP contribution in [0.3, 0.4) is 0 Å². The fourth-order valence-corrected chi connectivity index (χ4v) is 7.03. The Hall–Kier alpha value is -5.88. The first-order valence-corrected chi connectivity index (χ1v) is 16.0. The van der Waals surface area contributed by atoms with E-state index in [0.717, 1.165) is 44.4 Å². The zero-order valence-corrected chi connectivity index (χ0v) is 26.7. The maximum atomic E-state index is 5.45. The highest BCUT2D eigenvalue weighted by Gasteiger charge is 2.38. The van der Waals surface area contributed by atoms with Gasteiger partial charge in [0.2, 0.25) is 5.95 Å². The lowest BCUT2D eigenvalue weighted by atomic mass is 9.82. The second kappa shape index (κ2) is 10.1. The number of aryl methyl sites for hydroxylation is 2. The summed E-state index contributed by atoms with van der Waals surface area (Å²) in [6.45, 7) is 8.93. The third-order valence-corrected chi connectivity index (χ3v) is 9.72. The predicted molar refractivity (Wildman–Crippen MR) is 189 cm³/mol. The van der Waals surface area contributed by atoms with Crippen LogP contribution in [0, 0.1) is 13.8 Å². The molecular formula is C41H32N6. The summed E-state index contributed by atoms with van der Waals surface area (Å²) < 4.78 is 4.39. The molecule has 226 valence electrons. The first kappa shape index (κ1) is 27.4. The molecule has 0 N–H and O–H groups in total. The van der Waals surface area contributed by atoms with Gasteiger partial charge in [0.25, 0.3) is 0 Å². The van der Waals surface area contributed by atoms with Crippen LogP contribution in [0.4, 0.5) is 0 Å². The van der Waals surface area contributed by atoms with Crippen molar-refractivity contribution < 1.29 is 0 Å². The summed E-state index contributed by atoms with van der Waals surface area (Å²) in [4.78, 5) is 20.6. The van der Waals surface area contributed by atoms with Gasteiger partial charge in [-0.15, -0.1) is 0 Å². The van der Waals surface area contributed by atoms with Crippen LogP contribution in [-0.4, -0.2) is 29.1 Å². The molecule has 4 aromatic heterocycles. The van der Waals surface area contributed by atoms with Gasteiger partial charge in [-0.1, -0.05) is 98.8 Å². The van der Waals surface area contributed by atoms with Crippen LogP contribution >= 0.6 is 0 Å². The Labute approximate surface area is 273 Å². The number of nitrogens with zero attached hydrogens (tertiary/aromatic N) is 6. The molecule has 9 rings (SSSR count). The third-order valence-electron chi connectivity index (χ3n) is 9.72. The van der Waals surface area contributed by atoms with Crippen LogP contribution in [0.1, 0.15) is 36.1 Å². The fourth-order valence-electron chi connectivity index (χ4n) is 7.03. The Morgan fingerprint density at radius 2 is 1.19 bits per heavy atom. The molecule has 1 aliphatic rings. The average molecular weight is 609 g/mol. The van der Waals surface area contributed by atoms with Crippen molar-refractivity contribution in [1.82, 2.24) is 29.1 Å². The Bertz CT molecular complexity index is 2430. The van der Waals surface area contributed by atoms with Gasteiger partial charge in [0.05, 0.1) is 22.2 Å². The highest BCUT2D eigenvalue weighted by atomic mass is 15.2. The fraction of sp³-hybridized carbons (Fsp3) is 0.122. The molecule has 0 bridgehead atoms. The first-order valence-electron chi connectivity index (χ1n) is 16.0. The summed E-state index contributed by atoms with van der Waals surface area (Å²) >= 11 is 0. The van der Waals surface area contributed by atoms with Gasteiger partial charge in [-0.3, -0.25) is 4.57 Å². The largest absolute Gasteiger partial charge is 0.323 e. The molecule has 6 nitrogen and oxygen atoms in total. The Balaban J connectivity index is 1.29. The van der Waals surface area contributed by atoms with Crippen LogP contribution in [-0.2, 0) is 5.41 Å². The normalized spacial score (nSPS) is 13.3. The van der Waals surface area contributed by atoms with Gasteiger partial charge in [0.15, 0.2) is 11.6 Å². The Morgan fingerprint density at radius 3 is 1.85 bits per heavy atom. The van der Waals surface area contributed by atoms with E-state index in [9.17, 15) is 0 Å². The van der Waals surface area contributed by atoms with Gasteiger partial charge in [-0.25, -0.2) is 9.97 Å². The van der Waals surface area contributed by atoms with E-state index >= 15 is 0 Å². The minimum absolute atomic E-state index is 0.260. The molecule has 6 heteroatoms. The van der Waals surface area contributed by atoms with Gasteiger partial charge in [-0.2, -0.15) is 9.97 Å². The number of rotatable bonds is 4. The van der Waals surface area contributed by atoms with Crippen molar-refractivity contribution in [3.05, 3.63) is 144 Å². The molecule has 0 radical (unpaired) electrons. The molecular weight excluding hydrogens is 576 g/mol. The molecule has 0 amide bonds. The minimum Gasteiger partial charge on any atom is -0.323 e. The maximum absolute atomic E-state index is 5.45. The quantitative estimate of drug-likeness (QED) is 0.200. The van der Waals surface area contributed by atoms with E-state index in [1.54, 1.807) is 0 Å². The molecule has 8 aromatic rings. The van der Waals surface area contributed by atoms with Crippen molar-refractivity contribution in [2.75, 3.05) is 0 Å². The molecule has 4 aromatic carbocycles. The molecule has 0 aliphatic heterocycles. The third kappa shape index (κ3) is 4.18. The molecule has 1 aliphatic carbocycles.